The van der Waals surface area contributed by atoms with E-state index in [2.05, 4.69) is 26.8 Å². The maximum atomic E-state index is 5.67. The summed E-state index contributed by atoms with van der Waals surface area (Å²) < 4.78 is 27.9. The van der Waals surface area contributed by atoms with Crippen molar-refractivity contribution in [2.45, 2.75) is 58.7 Å². The minimum Gasteiger partial charge on any atom is -0.492 e. The first kappa shape index (κ1) is 20.4. The summed E-state index contributed by atoms with van der Waals surface area (Å²) in [4.78, 5) is 0. The summed E-state index contributed by atoms with van der Waals surface area (Å²) in [6.07, 6.45) is 5.45. The predicted octanol–water partition coefficient (Wildman–Crippen LogP) is 4.48. The van der Waals surface area contributed by atoms with Crippen LogP contribution < -0.4 is 18.9 Å². The average Bonchev–Trinajstić information content (AvgIpc) is 3.24. The highest BCUT2D eigenvalue weighted by molar-refractivity contribution is 5.67. The van der Waals surface area contributed by atoms with E-state index in [1.807, 2.05) is 6.92 Å². The molecule has 1 aromatic rings. The van der Waals surface area contributed by atoms with E-state index in [9.17, 15) is 0 Å². The number of allylic oxidation sites excluding steroid dienone is 2. The average molecular weight is 364 g/mol. The van der Waals surface area contributed by atoms with Gasteiger partial charge in [0.25, 0.3) is 0 Å². The van der Waals surface area contributed by atoms with Crippen LogP contribution in [-0.2, 0) is 11.2 Å². The fourth-order valence-electron chi connectivity index (χ4n) is 3.38. The maximum Gasteiger partial charge on any atom is 0.207 e. The minimum atomic E-state index is 0.0524. The Morgan fingerprint density at radius 1 is 0.962 bits per heavy atom. The lowest BCUT2D eigenvalue weighted by molar-refractivity contribution is 0.302. The highest BCUT2D eigenvalue weighted by atomic mass is 16.6. The summed E-state index contributed by atoms with van der Waals surface area (Å²) >= 11 is 0. The molecule has 2 rings (SSSR count). The zero-order valence-electron chi connectivity index (χ0n) is 17.3. The van der Waals surface area contributed by atoms with Gasteiger partial charge in [0.05, 0.1) is 40.1 Å². The highest BCUT2D eigenvalue weighted by Crippen LogP contribution is 2.49. The fraction of sp³-hybridized carbons (Fsp3) is 0.619. The normalized spacial score (nSPS) is 18.5. The van der Waals surface area contributed by atoms with Crippen molar-refractivity contribution < 1.29 is 23.7 Å². The fourth-order valence-corrected chi connectivity index (χ4v) is 3.38. The van der Waals surface area contributed by atoms with E-state index in [1.165, 1.54) is 5.57 Å². The van der Waals surface area contributed by atoms with Crippen LogP contribution in [0.3, 0.4) is 0 Å². The Bertz CT molecular complexity index is 676. The van der Waals surface area contributed by atoms with Gasteiger partial charge in [-0.3, -0.25) is 0 Å². The van der Waals surface area contributed by atoms with Gasteiger partial charge in [0.1, 0.15) is 0 Å². The van der Waals surface area contributed by atoms with E-state index in [0.717, 1.165) is 30.4 Å². The number of epoxide rings is 1. The molecule has 5 nitrogen and oxygen atoms in total. The zero-order chi connectivity index (χ0) is 19.5. The van der Waals surface area contributed by atoms with Crippen molar-refractivity contribution in [3.05, 3.63) is 22.8 Å². The van der Waals surface area contributed by atoms with Crippen molar-refractivity contribution in [1.29, 1.82) is 0 Å². The van der Waals surface area contributed by atoms with Crippen molar-refractivity contribution >= 4 is 0 Å². The Morgan fingerprint density at radius 2 is 1.46 bits per heavy atom. The van der Waals surface area contributed by atoms with E-state index in [0.29, 0.717) is 29.1 Å². The second-order valence-electron chi connectivity index (χ2n) is 7.24. The van der Waals surface area contributed by atoms with Gasteiger partial charge in [0.2, 0.25) is 11.5 Å². The van der Waals surface area contributed by atoms with Crippen LogP contribution in [0.15, 0.2) is 11.6 Å². The second kappa shape index (κ2) is 8.21. The number of benzene rings is 1. The van der Waals surface area contributed by atoms with Gasteiger partial charge >= 0.3 is 0 Å². The summed E-state index contributed by atoms with van der Waals surface area (Å²) in [6, 6.07) is 0. The smallest absolute Gasteiger partial charge is 0.207 e. The molecule has 0 aliphatic carbocycles. The molecule has 0 radical (unpaired) electrons. The van der Waals surface area contributed by atoms with Crippen molar-refractivity contribution in [3.63, 3.8) is 0 Å². The Kier molecular flexibility index (Phi) is 6.45. The molecular formula is C21H32O5. The monoisotopic (exact) mass is 364 g/mol. The molecular weight excluding hydrogens is 332 g/mol. The first-order valence-corrected chi connectivity index (χ1v) is 8.99. The summed E-state index contributed by atoms with van der Waals surface area (Å²) in [7, 11) is 6.50. The Hall–Kier alpha value is -1.88. The molecule has 1 atom stereocenters. The quantitative estimate of drug-likeness (QED) is 0.478. The van der Waals surface area contributed by atoms with Crippen molar-refractivity contribution in [3.8, 4) is 23.0 Å². The molecule has 0 N–H and O–H groups in total. The number of hydrogen-bond acceptors (Lipinski definition) is 5. The Balaban J connectivity index is 2.25. The van der Waals surface area contributed by atoms with Gasteiger partial charge < -0.3 is 23.7 Å². The SMILES string of the molecule is COc1c(C)c(C/C=C(\C)CCC2OC2(C)C)c(OC)c(OC)c1OC. The van der Waals surface area contributed by atoms with E-state index in [1.54, 1.807) is 28.4 Å². The van der Waals surface area contributed by atoms with Crippen LogP contribution in [0.1, 0.15) is 44.7 Å². The van der Waals surface area contributed by atoms with Gasteiger partial charge in [-0.05, 0) is 47.0 Å². The second-order valence-corrected chi connectivity index (χ2v) is 7.24. The van der Waals surface area contributed by atoms with Gasteiger partial charge in [-0.2, -0.15) is 0 Å². The van der Waals surface area contributed by atoms with Crippen LogP contribution in [0, 0.1) is 6.92 Å². The molecule has 146 valence electrons. The summed E-state index contributed by atoms with van der Waals surface area (Å²) in [5.41, 5.74) is 3.44. The lowest BCUT2D eigenvalue weighted by atomic mass is 9.98. The van der Waals surface area contributed by atoms with Gasteiger partial charge in [0, 0.05) is 11.1 Å². The molecule has 1 aliphatic rings. The number of hydrogen-bond donors (Lipinski definition) is 0. The molecule has 0 aromatic heterocycles. The van der Waals surface area contributed by atoms with E-state index < -0.39 is 0 Å². The molecule has 1 unspecified atom stereocenters. The maximum absolute atomic E-state index is 5.67. The number of methoxy groups -OCH3 is 4. The molecule has 26 heavy (non-hydrogen) atoms. The molecule has 0 bridgehead atoms. The molecule has 1 saturated heterocycles. The Labute approximate surface area is 157 Å². The van der Waals surface area contributed by atoms with Gasteiger partial charge in [0.15, 0.2) is 11.5 Å². The highest BCUT2D eigenvalue weighted by Gasteiger charge is 2.46. The van der Waals surface area contributed by atoms with Gasteiger partial charge in [-0.15, -0.1) is 0 Å². The summed E-state index contributed by atoms with van der Waals surface area (Å²) in [5.74, 6) is 2.49. The first-order valence-electron chi connectivity index (χ1n) is 8.99. The molecule has 0 saturated carbocycles. The topological polar surface area (TPSA) is 49.5 Å². The van der Waals surface area contributed by atoms with Crippen molar-refractivity contribution in [2.75, 3.05) is 28.4 Å². The Morgan fingerprint density at radius 3 is 1.92 bits per heavy atom. The van der Waals surface area contributed by atoms with E-state index >= 15 is 0 Å². The molecule has 1 heterocycles. The van der Waals surface area contributed by atoms with Crippen LogP contribution in [0.2, 0.25) is 0 Å². The van der Waals surface area contributed by atoms with Gasteiger partial charge in [-0.1, -0.05) is 11.6 Å². The number of rotatable bonds is 9. The van der Waals surface area contributed by atoms with E-state index in [4.69, 9.17) is 23.7 Å². The molecule has 1 fully saturated rings. The third-order valence-electron chi connectivity index (χ3n) is 5.12. The summed E-state index contributed by atoms with van der Waals surface area (Å²) in [6.45, 7) is 8.46. The van der Waals surface area contributed by atoms with Crippen LogP contribution in [-0.4, -0.2) is 40.1 Å². The van der Waals surface area contributed by atoms with Crippen LogP contribution in [0.25, 0.3) is 0 Å². The predicted molar refractivity (Wildman–Crippen MR) is 103 cm³/mol. The van der Waals surface area contributed by atoms with Gasteiger partial charge in [-0.25, -0.2) is 0 Å². The standard InChI is InChI=1S/C21H32O5/c1-13(10-12-16-21(3,4)26-16)9-11-15-14(2)17(22-5)19(24-7)20(25-8)18(15)23-6/h9,16H,10-12H2,1-8H3/b13-9+. The number of ether oxygens (including phenoxy) is 5. The summed E-state index contributed by atoms with van der Waals surface area (Å²) in [5, 5.41) is 0. The first-order chi connectivity index (χ1) is 12.3. The molecule has 5 heteroatoms. The van der Waals surface area contributed by atoms with Crippen LogP contribution in [0.4, 0.5) is 0 Å². The molecule has 1 aliphatic heterocycles. The minimum absolute atomic E-state index is 0.0524. The largest absolute Gasteiger partial charge is 0.492 e. The van der Waals surface area contributed by atoms with Crippen molar-refractivity contribution in [2.24, 2.45) is 0 Å². The van der Waals surface area contributed by atoms with Crippen molar-refractivity contribution in [1.82, 2.24) is 0 Å². The van der Waals surface area contributed by atoms with E-state index in [-0.39, 0.29) is 5.60 Å². The third kappa shape index (κ3) is 4.09. The molecule has 0 amide bonds. The van der Waals surface area contributed by atoms with Crippen LogP contribution in [0.5, 0.6) is 23.0 Å². The lowest BCUT2D eigenvalue weighted by Crippen LogP contribution is -2.05. The van der Waals surface area contributed by atoms with Crippen LogP contribution >= 0.6 is 0 Å². The lowest BCUT2D eigenvalue weighted by Gasteiger charge is -2.21. The molecule has 0 spiro atoms. The molecule has 1 aromatic carbocycles. The zero-order valence-corrected chi connectivity index (χ0v) is 17.3. The third-order valence-corrected chi connectivity index (χ3v) is 5.12.